The number of hydrogen-bond acceptors (Lipinski definition) is 2. The van der Waals surface area contributed by atoms with Gasteiger partial charge in [0.25, 0.3) is 0 Å². The number of rotatable bonds is 4. The van der Waals surface area contributed by atoms with Gasteiger partial charge in [0.2, 0.25) is 0 Å². The largest absolute Gasteiger partial charge is 0.381 e. The molecule has 1 fully saturated rings. The molecule has 2 N–H and O–H groups in total. The van der Waals surface area contributed by atoms with Gasteiger partial charge in [-0.05, 0) is 43.0 Å². The van der Waals surface area contributed by atoms with Gasteiger partial charge in [-0.15, -0.1) is 0 Å². The maximum absolute atomic E-state index is 3.63. The van der Waals surface area contributed by atoms with E-state index in [-0.39, 0.29) is 0 Å². The molecular formula is C18H22N2. The molecule has 0 aliphatic carbocycles. The Morgan fingerprint density at radius 2 is 1.60 bits per heavy atom. The first-order chi connectivity index (χ1) is 9.90. The van der Waals surface area contributed by atoms with Gasteiger partial charge in [0, 0.05) is 18.3 Å². The second kappa shape index (κ2) is 6.58. The molecule has 3 rings (SSSR count). The molecule has 0 aromatic heterocycles. The molecule has 104 valence electrons. The summed E-state index contributed by atoms with van der Waals surface area (Å²) >= 11 is 0. The van der Waals surface area contributed by atoms with Crippen molar-refractivity contribution < 1.29 is 0 Å². The van der Waals surface area contributed by atoms with Crippen LogP contribution < -0.4 is 10.6 Å². The summed E-state index contributed by atoms with van der Waals surface area (Å²) in [7, 11) is 0. The van der Waals surface area contributed by atoms with E-state index in [4.69, 9.17) is 0 Å². The molecule has 2 aromatic carbocycles. The molecule has 1 unspecified atom stereocenters. The van der Waals surface area contributed by atoms with Gasteiger partial charge in [-0.2, -0.15) is 0 Å². The molecule has 0 amide bonds. The van der Waals surface area contributed by atoms with E-state index in [1.165, 1.54) is 24.1 Å². The Morgan fingerprint density at radius 3 is 2.35 bits per heavy atom. The van der Waals surface area contributed by atoms with Crippen LogP contribution in [0.2, 0.25) is 0 Å². The summed E-state index contributed by atoms with van der Waals surface area (Å²) in [5.74, 6) is 0.715. The van der Waals surface area contributed by atoms with E-state index in [1.54, 1.807) is 0 Å². The van der Waals surface area contributed by atoms with Crippen molar-refractivity contribution in [3.63, 3.8) is 0 Å². The molecule has 1 aliphatic rings. The van der Waals surface area contributed by atoms with Crippen LogP contribution in [0.25, 0.3) is 0 Å². The Labute approximate surface area is 121 Å². The van der Waals surface area contributed by atoms with E-state index >= 15 is 0 Å². The molecule has 2 heteroatoms. The highest BCUT2D eigenvalue weighted by molar-refractivity contribution is 5.43. The number of benzene rings is 2. The molecule has 1 aliphatic heterocycles. The summed E-state index contributed by atoms with van der Waals surface area (Å²) in [4.78, 5) is 0. The summed E-state index contributed by atoms with van der Waals surface area (Å²) in [6, 6.07) is 21.8. The van der Waals surface area contributed by atoms with Crippen LogP contribution in [0.15, 0.2) is 60.7 Å². The summed E-state index contributed by atoms with van der Waals surface area (Å²) in [5.41, 5.74) is 2.67. The van der Waals surface area contributed by atoms with E-state index in [2.05, 4.69) is 71.3 Å². The van der Waals surface area contributed by atoms with E-state index in [9.17, 15) is 0 Å². The van der Waals surface area contributed by atoms with Crippen molar-refractivity contribution >= 4 is 5.69 Å². The molecule has 0 radical (unpaired) electrons. The molecule has 1 heterocycles. The van der Waals surface area contributed by atoms with Crippen molar-refractivity contribution in [3.8, 4) is 0 Å². The van der Waals surface area contributed by atoms with Crippen LogP contribution in [0.4, 0.5) is 5.69 Å². The number of hydrogen-bond donors (Lipinski definition) is 2. The maximum Gasteiger partial charge on any atom is 0.0389 e. The Kier molecular flexibility index (Phi) is 4.34. The lowest BCUT2D eigenvalue weighted by Gasteiger charge is -2.31. The van der Waals surface area contributed by atoms with Crippen LogP contribution >= 0.6 is 0 Å². The van der Waals surface area contributed by atoms with E-state index in [0.29, 0.717) is 12.0 Å². The fourth-order valence-electron chi connectivity index (χ4n) is 3.01. The second-order valence-electron chi connectivity index (χ2n) is 5.66. The lowest BCUT2D eigenvalue weighted by atomic mass is 9.90. The topological polar surface area (TPSA) is 24.1 Å². The van der Waals surface area contributed by atoms with Crippen molar-refractivity contribution in [1.29, 1.82) is 0 Å². The highest BCUT2D eigenvalue weighted by atomic mass is 15.0. The monoisotopic (exact) mass is 266 g/mol. The van der Waals surface area contributed by atoms with Crippen LogP contribution in [-0.4, -0.2) is 19.1 Å². The van der Waals surface area contributed by atoms with Gasteiger partial charge < -0.3 is 10.6 Å². The molecule has 2 atom stereocenters. The first kappa shape index (κ1) is 13.2. The van der Waals surface area contributed by atoms with Gasteiger partial charge in [-0.1, -0.05) is 48.5 Å². The third-order valence-electron chi connectivity index (χ3n) is 3.95. The van der Waals surface area contributed by atoms with Gasteiger partial charge in [0.1, 0.15) is 0 Å². The highest BCUT2D eigenvalue weighted by Crippen LogP contribution is 2.19. The molecule has 2 aromatic rings. The third kappa shape index (κ3) is 3.61. The molecule has 2 nitrogen and oxygen atoms in total. The van der Waals surface area contributed by atoms with Crippen molar-refractivity contribution in [3.05, 3.63) is 66.2 Å². The maximum atomic E-state index is 3.63. The normalized spacial score (nSPS) is 22.4. The zero-order chi connectivity index (χ0) is 13.6. The van der Waals surface area contributed by atoms with Gasteiger partial charge in [0.05, 0.1) is 0 Å². The smallest absolute Gasteiger partial charge is 0.0389 e. The van der Waals surface area contributed by atoms with Crippen molar-refractivity contribution in [2.45, 2.75) is 18.9 Å². The summed E-state index contributed by atoms with van der Waals surface area (Å²) in [6.07, 6.45) is 2.40. The zero-order valence-electron chi connectivity index (χ0n) is 11.8. The quantitative estimate of drug-likeness (QED) is 0.887. The molecular weight excluding hydrogens is 244 g/mol. The Morgan fingerprint density at radius 1 is 0.900 bits per heavy atom. The van der Waals surface area contributed by atoms with Gasteiger partial charge >= 0.3 is 0 Å². The lowest BCUT2D eigenvalue weighted by Crippen LogP contribution is -2.43. The zero-order valence-corrected chi connectivity index (χ0v) is 11.8. The average Bonchev–Trinajstić information content (AvgIpc) is 2.50. The fraction of sp³-hybridized carbons (Fsp3) is 0.333. The Hall–Kier alpha value is -1.80. The Bertz CT molecular complexity index is 462. The van der Waals surface area contributed by atoms with Crippen LogP contribution in [0, 0.1) is 5.92 Å². The minimum absolute atomic E-state index is 0.528. The van der Waals surface area contributed by atoms with Crippen LogP contribution in [0.3, 0.4) is 0 Å². The summed E-state index contributed by atoms with van der Waals surface area (Å²) in [5, 5.41) is 7.20. The van der Waals surface area contributed by atoms with Crippen LogP contribution in [-0.2, 0) is 6.42 Å². The second-order valence-corrected chi connectivity index (χ2v) is 5.66. The van der Waals surface area contributed by atoms with Crippen LogP contribution in [0.1, 0.15) is 12.0 Å². The van der Waals surface area contributed by atoms with Gasteiger partial charge in [0.15, 0.2) is 0 Å². The van der Waals surface area contributed by atoms with Gasteiger partial charge in [-0.25, -0.2) is 0 Å². The van der Waals surface area contributed by atoms with Crippen molar-refractivity contribution in [1.82, 2.24) is 5.32 Å². The molecule has 0 bridgehead atoms. The minimum Gasteiger partial charge on any atom is -0.381 e. The standard InChI is InChI=1S/C18H22N2/c1-3-7-15(8-4-1)11-16-12-18(14-19-13-16)20-17-9-5-2-6-10-17/h1-10,16,18-20H,11-14H2/t16?,18-/m0/s1. The minimum atomic E-state index is 0.528. The van der Waals surface area contributed by atoms with Crippen LogP contribution in [0.5, 0.6) is 0 Å². The summed E-state index contributed by atoms with van der Waals surface area (Å²) < 4.78 is 0. The number of para-hydroxylation sites is 1. The predicted octanol–water partition coefficient (Wildman–Crippen LogP) is 3.32. The molecule has 20 heavy (non-hydrogen) atoms. The van der Waals surface area contributed by atoms with Gasteiger partial charge in [-0.3, -0.25) is 0 Å². The number of anilines is 1. The summed E-state index contributed by atoms with van der Waals surface area (Å²) in [6.45, 7) is 2.18. The van der Waals surface area contributed by atoms with Crippen molar-refractivity contribution in [2.24, 2.45) is 5.92 Å². The number of piperidine rings is 1. The first-order valence-electron chi connectivity index (χ1n) is 7.46. The SMILES string of the molecule is c1ccc(CC2CNC[C@@H](Nc3ccccc3)C2)cc1. The van der Waals surface area contributed by atoms with Crippen molar-refractivity contribution in [2.75, 3.05) is 18.4 Å². The Balaban J connectivity index is 1.57. The lowest BCUT2D eigenvalue weighted by molar-refractivity contribution is 0.353. The average molecular weight is 266 g/mol. The number of nitrogens with one attached hydrogen (secondary N) is 2. The first-order valence-corrected chi connectivity index (χ1v) is 7.46. The molecule has 0 saturated carbocycles. The predicted molar refractivity (Wildman–Crippen MR) is 85.0 cm³/mol. The van der Waals surface area contributed by atoms with E-state index < -0.39 is 0 Å². The highest BCUT2D eigenvalue weighted by Gasteiger charge is 2.21. The van der Waals surface area contributed by atoms with E-state index in [0.717, 1.165) is 13.1 Å². The fourth-order valence-corrected chi connectivity index (χ4v) is 3.01. The molecule has 0 spiro atoms. The van der Waals surface area contributed by atoms with E-state index in [1.807, 2.05) is 0 Å². The third-order valence-corrected chi connectivity index (χ3v) is 3.95. The molecule has 1 saturated heterocycles.